The Morgan fingerprint density at radius 2 is 1.87 bits per heavy atom. The van der Waals surface area contributed by atoms with Crippen molar-refractivity contribution in [1.29, 1.82) is 0 Å². The van der Waals surface area contributed by atoms with Gasteiger partial charge in [0.15, 0.2) is 0 Å². The van der Waals surface area contributed by atoms with E-state index in [0.717, 1.165) is 69.6 Å². The molecule has 0 radical (unpaired) electrons. The van der Waals surface area contributed by atoms with E-state index < -0.39 is 0 Å². The Morgan fingerprint density at radius 1 is 1.16 bits per heavy atom. The van der Waals surface area contributed by atoms with Gasteiger partial charge in [0.25, 0.3) is 0 Å². The van der Waals surface area contributed by atoms with Crippen LogP contribution in [-0.4, -0.2) is 55.5 Å². The zero-order valence-corrected chi connectivity index (χ0v) is 19.7. The monoisotopic (exact) mass is 482 g/mol. The number of ether oxygens (including phenoxy) is 1. The van der Waals surface area contributed by atoms with Gasteiger partial charge in [0.05, 0.1) is 12.9 Å². The highest BCUT2D eigenvalue weighted by atomic mass is 79.9. The van der Waals surface area contributed by atoms with Crippen LogP contribution >= 0.6 is 15.9 Å². The molecular weight excluding hydrogens is 456 g/mol. The molecule has 0 aliphatic carbocycles. The number of likely N-dealkylation sites (N-methyl/N-ethyl adjacent to an activating group) is 1. The Morgan fingerprint density at radius 3 is 2.55 bits per heavy atom. The normalized spacial score (nSPS) is 15.5. The maximum Gasteiger partial charge on any atom is 0.246 e. The summed E-state index contributed by atoms with van der Waals surface area (Å²) in [5.41, 5.74) is 4.66. The highest BCUT2D eigenvalue weighted by molar-refractivity contribution is 9.10. The molecule has 6 heteroatoms. The number of hydrogen-bond acceptors (Lipinski definition) is 4. The first-order valence-corrected chi connectivity index (χ1v) is 11.4. The number of halogens is 1. The predicted octanol–water partition coefficient (Wildman–Crippen LogP) is 5.44. The van der Waals surface area contributed by atoms with Crippen LogP contribution in [0.25, 0.3) is 27.7 Å². The maximum atomic E-state index is 12.9. The molecule has 0 bridgehead atoms. The molecule has 0 saturated carbocycles. The molecule has 0 atom stereocenters. The minimum Gasteiger partial charge on any atom is -0.493 e. The minimum atomic E-state index is 0.0495. The fourth-order valence-electron chi connectivity index (χ4n) is 3.87. The second-order valence-corrected chi connectivity index (χ2v) is 8.81. The van der Waals surface area contributed by atoms with Crippen LogP contribution in [0.5, 0.6) is 5.75 Å². The molecule has 2 aromatic carbocycles. The topological polar surface area (TPSA) is 45.9 Å². The first-order valence-electron chi connectivity index (χ1n) is 10.6. The van der Waals surface area contributed by atoms with Crippen molar-refractivity contribution in [3.05, 3.63) is 58.8 Å². The molecule has 3 aromatic rings. The molecule has 0 unspecified atom stereocenters. The predicted molar refractivity (Wildman–Crippen MR) is 128 cm³/mol. The molecule has 1 saturated heterocycles. The summed E-state index contributed by atoms with van der Waals surface area (Å²) >= 11 is 3.49. The van der Waals surface area contributed by atoms with E-state index in [-0.39, 0.29) is 5.91 Å². The van der Waals surface area contributed by atoms with Crippen molar-refractivity contribution in [2.24, 2.45) is 0 Å². The van der Waals surface area contributed by atoms with Gasteiger partial charge in [0.2, 0.25) is 5.91 Å². The summed E-state index contributed by atoms with van der Waals surface area (Å²) in [5.74, 6) is 0.778. The number of piperazine rings is 1. The lowest BCUT2D eigenvalue weighted by Gasteiger charge is -2.31. The first-order chi connectivity index (χ1) is 15.0. The summed E-state index contributed by atoms with van der Waals surface area (Å²) in [6, 6.07) is 12.2. The van der Waals surface area contributed by atoms with Gasteiger partial charge in [-0.05, 0) is 50.2 Å². The van der Waals surface area contributed by atoms with Gasteiger partial charge in [0.1, 0.15) is 11.3 Å². The third-order valence-electron chi connectivity index (χ3n) is 5.71. The standard InChI is InChI=1S/C25H27BrN2O3/c1-4-30-23-15-24-21(22(16-31-24)18-5-7-19(26)8-6-18)14-20(23)17(2)13-25(29)28-11-9-27(3)10-12-28/h5-8,13-16H,4,9-12H2,1-3H3/b17-13+. The Bertz CT molecular complexity index is 1110. The second kappa shape index (κ2) is 9.28. The molecule has 0 spiro atoms. The molecule has 0 N–H and O–H groups in total. The third kappa shape index (κ3) is 4.70. The van der Waals surface area contributed by atoms with E-state index in [1.165, 1.54) is 0 Å². The number of fused-ring (bicyclic) bond motifs is 1. The number of allylic oxidation sites excluding steroid dienone is 1. The van der Waals surface area contributed by atoms with Gasteiger partial charge in [-0.3, -0.25) is 4.79 Å². The molecule has 5 nitrogen and oxygen atoms in total. The van der Waals surface area contributed by atoms with Gasteiger partial charge in [-0.2, -0.15) is 0 Å². The van der Waals surface area contributed by atoms with E-state index in [1.54, 1.807) is 12.3 Å². The van der Waals surface area contributed by atoms with Gasteiger partial charge in [-0.1, -0.05) is 28.1 Å². The number of carbonyl (C=O) groups excluding carboxylic acids is 1. The largest absolute Gasteiger partial charge is 0.493 e. The lowest BCUT2D eigenvalue weighted by atomic mass is 9.99. The molecular formula is C25H27BrN2O3. The van der Waals surface area contributed by atoms with Gasteiger partial charge in [0, 0.05) is 59.3 Å². The van der Waals surface area contributed by atoms with E-state index in [0.29, 0.717) is 6.61 Å². The third-order valence-corrected chi connectivity index (χ3v) is 6.24. The number of carbonyl (C=O) groups is 1. The van der Waals surface area contributed by atoms with Crippen LogP contribution in [0.15, 0.2) is 57.6 Å². The average molecular weight is 483 g/mol. The molecule has 1 aromatic heterocycles. The van der Waals surface area contributed by atoms with Crippen molar-refractivity contribution < 1.29 is 13.9 Å². The van der Waals surface area contributed by atoms with Crippen molar-refractivity contribution in [3.8, 4) is 16.9 Å². The number of benzene rings is 2. The van der Waals surface area contributed by atoms with E-state index in [2.05, 4.69) is 46.1 Å². The smallest absolute Gasteiger partial charge is 0.246 e. The van der Waals surface area contributed by atoms with Crippen molar-refractivity contribution in [3.63, 3.8) is 0 Å². The fraction of sp³-hybridized carbons (Fsp3) is 0.320. The van der Waals surface area contributed by atoms with Crippen molar-refractivity contribution in [2.75, 3.05) is 39.8 Å². The van der Waals surface area contributed by atoms with Gasteiger partial charge >= 0.3 is 0 Å². The highest BCUT2D eigenvalue weighted by Gasteiger charge is 2.19. The molecule has 1 aliphatic rings. The Hall–Kier alpha value is -2.57. The summed E-state index contributed by atoms with van der Waals surface area (Å²) in [5, 5.41) is 1.00. The summed E-state index contributed by atoms with van der Waals surface area (Å²) in [6.07, 6.45) is 3.51. The summed E-state index contributed by atoms with van der Waals surface area (Å²) in [4.78, 5) is 17.0. The number of hydrogen-bond donors (Lipinski definition) is 0. The average Bonchev–Trinajstić information content (AvgIpc) is 3.17. The molecule has 1 fully saturated rings. The maximum absolute atomic E-state index is 12.9. The van der Waals surface area contributed by atoms with Crippen LogP contribution in [0.3, 0.4) is 0 Å². The summed E-state index contributed by atoms with van der Waals surface area (Å²) < 4.78 is 12.8. The lowest BCUT2D eigenvalue weighted by Crippen LogP contribution is -2.46. The SMILES string of the molecule is CCOc1cc2occ(-c3ccc(Br)cc3)c2cc1/C(C)=C/C(=O)N1CCN(C)CC1. The quantitative estimate of drug-likeness (QED) is 0.454. The zero-order chi connectivity index (χ0) is 22.0. The van der Waals surface area contributed by atoms with Crippen molar-refractivity contribution in [2.45, 2.75) is 13.8 Å². The van der Waals surface area contributed by atoms with Crippen LogP contribution in [0, 0.1) is 0 Å². The zero-order valence-electron chi connectivity index (χ0n) is 18.2. The van der Waals surface area contributed by atoms with E-state index in [4.69, 9.17) is 9.15 Å². The first kappa shape index (κ1) is 21.7. The Kier molecular flexibility index (Phi) is 6.49. The summed E-state index contributed by atoms with van der Waals surface area (Å²) in [6.45, 7) is 7.78. The molecule has 2 heterocycles. The van der Waals surface area contributed by atoms with Crippen LogP contribution in [-0.2, 0) is 4.79 Å². The summed E-state index contributed by atoms with van der Waals surface area (Å²) in [7, 11) is 2.08. The van der Waals surface area contributed by atoms with Crippen LogP contribution in [0.2, 0.25) is 0 Å². The lowest BCUT2D eigenvalue weighted by molar-refractivity contribution is -0.127. The molecule has 31 heavy (non-hydrogen) atoms. The van der Waals surface area contributed by atoms with E-state index in [1.807, 2.05) is 36.9 Å². The van der Waals surface area contributed by atoms with Gasteiger partial charge in [-0.25, -0.2) is 0 Å². The number of furan rings is 1. The van der Waals surface area contributed by atoms with Gasteiger partial charge in [-0.15, -0.1) is 0 Å². The number of rotatable bonds is 5. The fourth-order valence-corrected chi connectivity index (χ4v) is 4.14. The van der Waals surface area contributed by atoms with E-state index in [9.17, 15) is 4.79 Å². The van der Waals surface area contributed by atoms with Crippen molar-refractivity contribution in [1.82, 2.24) is 9.80 Å². The number of amides is 1. The molecule has 162 valence electrons. The Labute approximate surface area is 191 Å². The number of nitrogens with zero attached hydrogens (tertiary/aromatic N) is 2. The van der Waals surface area contributed by atoms with Crippen LogP contribution in [0.4, 0.5) is 0 Å². The van der Waals surface area contributed by atoms with Gasteiger partial charge < -0.3 is 19.0 Å². The van der Waals surface area contributed by atoms with E-state index >= 15 is 0 Å². The van der Waals surface area contributed by atoms with Crippen LogP contribution in [0.1, 0.15) is 19.4 Å². The highest BCUT2D eigenvalue weighted by Crippen LogP contribution is 2.37. The van der Waals surface area contributed by atoms with Crippen LogP contribution < -0.4 is 4.74 Å². The molecule has 1 aliphatic heterocycles. The second-order valence-electron chi connectivity index (χ2n) is 7.89. The van der Waals surface area contributed by atoms with Crippen molar-refractivity contribution >= 4 is 38.4 Å². The minimum absolute atomic E-state index is 0.0495. The molecule has 1 amide bonds. The Balaban J connectivity index is 1.72. The molecule has 4 rings (SSSR count).